The van der Waals surface area contributed by atoms with E-state index in [-0.39, 0.29) is 5.91 Å². The highest BCUT2D eigenvalue weighted by molar-refractivity contribution is 6.30. The van der Waals surface area contributed by atoms with Gasteiger partial charge in [0.05, 0.1) is 17.6 Å². The summed E-state index contributed by atoms with van der Waals surface area (Å²) in [6.07, 6.45) is 1.90. The third-order valence-corrected chi connectivity index (χ3v) is 5.14. The SMILES string of the molecule is CCCCNC(=O)c1c(N)n(Cc2ccc(Cl)cc2)c2nc3ccccc3nc12. The van der Waals surface area contributed by atoms with Gasteiger partial charge in [-0.05, 0) is 36.2 Å². The van der Waals surface area contributed by atoms with Crippen molar-refractivity contribution in [1.29, 1.82) is 0 Å². The van der Waals surface area contributed by atoms with Crippen molar-refractivity contribution in [3.63, 3.8) is 0 Å². The van der Waals surface area contributed by atoms with E-state index in [1.54, 1.807) is 0 Å². The maximum absolute atomic E-state index is 12.9. The summed E-state index contributed by atoms with van der Waals surface area (Å²) in [6.45, 7) is 3.14. The number of rotatable bonds is 6. The van der Waals surface area contributed by atoms with Gasteiger partial charge in [0.1, 0.15) is 16.9 Å². The number of anilines is 1. The Bertz CT molecular complexity index is 1180. The molecule has 29 heavy (non-hydrogen) atoms. The number of unbranched alkanes of at least 4 members (excludes halogenated alkanes) is 1. The number of carbonyl (C=O) groups is 1. The van der Waals surface area contributed by atoms with Crippen molar-refractivity contribution in [3.05, 3.63) is 64.7 Å². The summed E-state index contributed by atoms with van der Waals surface area (Å²) >= 11 is 6.01. The number of benzene rings is 2. The molecule has 0 bridgehead atoms. The third kappa shape index (κ3) is 3.76. The average molecular weight is 408 g/mol. The number of halogens is 1. The summed E-state index contributed by atoms with van der Waals surface area (Å²) in [5.74, 6) is 0.139. The first-order chi connectivity index (χ1) is 14.1. The van der Waals surface area contributed by atoms with Gasteiger partial charge < -0.3 is 15.6 Å². The molecule has 0 aliphatic rings. The molecular formula is C22H22ClN5O. The molecule has 0 radical (unpaired) electrons. The van der Waals surface area contributed by atoms with Gasteiger partial charge in [-0.3, -0.25) is 4.79 Å². The lowest BCUT2D eigenvalue weighted by Crippen LogP contribution is -2.25. The molecule has 1 amide bonds. The molecule has 0 unspecified atom stereocenters. The number of hydrogen-bond donors (Lipinski definition) is 2. The lowest BCUT2D eigenvalue weighted by molar-refractivity contribution is 0.0955. The Hall–Kier alpha value is -3.12. The van der Waals surface area contributed by atoms with Crippen LogP contribution >= 0.6 is 11.6 Å². The second kappa shape index (κ2) is 8.09. The van der Waals surface area contributed by atoms with Crippen molar-refractivity contribution in [2.45, 2.75) is 26.3 Å². The highest BCUT2D eigenvalue weighted by atomic mass is 35.5. The predicted molar refractivity (Wildman–Crippen MR) is 117 cm³/mol. The maximum Gasteiger partial charge on any atom is 0.257 e. The quantitative estimate of drug-likeness (QED) is 0.464. The fourth-order valence-electron chi connectivity index (χ4n) is 3.34. The van der Waals surface area contributed by atoms with E-state index >= 15 is 0 Å². The van der Waals surface area contributed by atoms with Crippen LogP contribution in [0.25, 0.3) is 22.2 Å². The van der Waals surface area contributed by atoms with Crippen molar-refractivity contribution in [2.75, 3.05) is 12.3 Å². The van der Waals surface area contributed by atoms with Crippen LogP contribution in [-0.4, -0.2) is 27.0 Å². The Morgan fingerprint density at radius 3 is 2.48 bits per heavy atom. The van der Waals surface area contributed by atoms with E-state index in [1.165, 1.54) is 0 Å². The summed E-state index contributed by atoms with van der Waals surface area (Å²) in [5, 5.41) is 3.62. The predicted octanol–water partition coefficient (Wildman–Crippen LogP) is 4.40. The second-order valence-corrected chi connectivity index (χ2v) is 7.40. The zero-order chi connectivity index (χ0) is 20.4. The fourth-order valence-corrected chi connectivity index (χ4v) is 3.47. The molecule has 0 atom stereocenters. The molecule has 0 aliphatic heterocycles. The molecule has 3 N–H and O–H groups in total. The number of para-hydroxylation sites is 2. The topological polar surface area (TPSA) is 85.8 Å². The summed E-state index contributed by atoms with van der Waals surface area (Å²) in [7, 11) is 0. The number of nitrogen functional groups attached to an aromatic ring is 1. The van der Waals surface area contributed by atoms with Gasteiger partial charge in [-0.1, -0.05) is 49.2 Å². The minimum atomic E-state index is -0.222. The normalized spacial score (nSPS) is 11.2. The van der Waals surface area contributed by atoms with Crippen molar-refractivity contribution in [2.24, 2.45) is 0 Å². The van der Waals surface area contributed by atoms with E-state index in [9.17, 15) is 4.79 Å². The largest absolute Gasteiger partial charge is 0.384 e. The number of fused-ring (bicyclic) bond motifs is 2. The van der Waals surface area contributed by atoms with E-state index < -0.39 is 0 Å². The van der Waals surface area contributed by atoms with Crippen LogP contribution in [0.2, 0.25) is 5.02 Å². The van der Waals surface area contributed by atoms with Gasteiger partial charge in [0.2, 0.25) is 0 Å². The highest BCUT2D eigenvalue weighted by Gasteiger charge is 2.23. The molecule has 0 saturated carbocycles. The van der Waals surface area contributed by atoms with Crippen LogP contribution in [0.4, 0.5) is 5.82 Å². The maximum atomic E-state index is 12.9. The summed E-state index contributed by atoms with van der Waals surface area (Å²) in [6, 6.07) is 15.1. The van der Waals surface area contributed by atoms with Crippen LogP contribution in [0, 0.1) is 0 Å². The third-order valence-electron chi connectivity index (χ3n) is 4.89. The van der Waals surface area contributed by atoms with Gasteiger partial charge in [-0.2, -0.15) is 0 Å². The summed E-state index contributed by atoms with van der Waals surface area (Å²) in [5.41, 5.74) is 10.4. The van der Waals surface area contributed by atoms with E-state index in [2.05, 4.69) is 12.2 Å². The minimum Gasteiger partial charge on any atom is -0.384 e. The Morgan fingerprint density at radius 2 is 1.79 bits per heavy atom. The molecule has 4 rings (SSSR count). The average Bonchev–Trinajstić information content (AvgIpc) is 2.99. The Balaban J connectivity index is 1.86. The molecule has 2 aromatic heterocycles. The van der Waals surface area contributed by atoms with E-state index in [1.807, 2.05) is 53.1 Å². The smallest absolute Gasteiger partial charge is 0.257 e. The summed E-state index contributed by atoms with van der Waals surface area (Å²) in [4.78, 5) is 22.4. The van der Waals surface area contributed by atoms with Crippen molar-refractivity contribution < 1.29 is 4.79 Å². The number of nitrogens with zero attached hydrogens (tertiary/aromatic N) is 3. The molecule has 2 heterocycles. The molecule has 7 heteroatoms. The molecule has 2 aromatic carbocycles. The zero-order valence-electron chi connectivity index (χ0n) is 16.2. The van der Waals surface area contributed by atoms with Gasteiger partial charge >= 0.3 is 0 Å². The molecular weight excluding hydrogens is 386 g/mol. The molecule has 6 nitrogen and oxygen atoms in total. The Morgan fingerprint density at radius 1 is 1.10 bits per heavy atom. The lowest BCUT2D eigenvalue weighted by Gasteiger charge is -2.08. The number of nitrogens with two attached hydrogens (primary N) is 1. The van der Waals surface area contributed by atoms with Crippen molar-refractivity contribution in [1.82, 2.24) is 19.9 Å². The minimum absolute atomic E-state index is 0.222. The molecule has 0 saturated heterocycles. The monoisotopic (exact) mass is 407 g/mol. The molecule has 148 valence electrons. The molecule has 0 spiro atoms. The first-order valence-corrected chi connectivity index (χ1v) is 10.0. The number of amides is 1. The van der Waals surface area contributed by atoms with Crippen LogP contribution < -0.4 is 11.1 Å². The van der Waals surface area contributed by atoms with Gasteiger partial charge in [-0.25, -0.2) is 9.97 Å². The van der Waals surface area contributed by atoms with Crippen LogP contribution in [0.1, 0.15) is 35.7 Å². The Kier molecular flexibility index (Phi) is 5.36. The number of nitrogens with one attached hydrogen (secondary N) is 1. The van der Waals surface area contributed by atoms with E-state index in [0.29, 0.717) is 40.7 Å². The molecule has 0 aliphatic carbocycles. The lowest BCUT2D eigenvalue weighted by atomic mass is 10.2. The highest BCUT2D eigenvalue weighted by Crippen LogP contribution is 2.29. The van der Waals surface area contributed by atoms with Gasteiger partial charge in [0.25, 0.3) is 5.91 Å². The van der Waals surface area contributed by atoms with Crippen LogP contribution in [-0.2, 0) is 6.54 Å². The zero-order valence-corrected chi connectivity index (χ0v) is 16.9. The molecule has 4 aromatic rings. The van der Waals surface area contributed by atoms with Gasteiger partial charge in [-0.15, -0.1) is 0 Å². The van der Waals surface area contributed by atoms with Gasteiger partial charge in [0.15, 0.2) is 5.65 Å². The van der Waals surface area contributed by atoms with Crippen LogP contribution in [0.3, 0.4) is 0 Å². The molecule has 0 fully saturated rings. The van der Waals surface area contributed by atoms with E-state index in [4.69, 9.17) is 27.3 Å². The first-order valence-electron chi connectivity index (χ1n) is 9.65. The van der Waals surface area contributed by atoms with Crippen LogP contribution in [0.5, 0.6) is 0 Å². The van der Waals surface area contributed by atoms with Gasteiger partial charge in [0, 0.05) is 11.6 Å². The van der Waals surface area contributed by atoms with Crippen molar-refractivity contribution in [3.8, 4) is 0 Å². The second-order valence-electron chi connectivity index (χ2n) is 6.97. The number of aromatic nitrogens is 3. The first kappa shape index (κ1) is 19.2. The standard InChI is InChI=1S/C22H22ClN5O/c1-2-3-12-25-22(29)18-19-21(27-17-7-5-4-6-16(17)26-19)28(20(18)24)13-14-8-10-15(23)11-9-14/h4-11H,2-3,12-13,24H2,1H3,(H,25,29). The Labute approximate surface area is 173 Å². The van der Waals surface area contributed by atoms with Crippen molar-refractivity contribution >= 4 is 45.5 Å². The summed E-state index contributed by atoms with van der Waals surface area (Å²) < 4.78 is 1.84. The number of hydrogen-bond acceptors (Lipinski definition) is 4. The van der Waals surface area contributed by atoms with E-state index in [0.717, 1.165) is 29.4 Å². The number of carbonyl (C=O) groups excluding carboxylic acids is 1. The van der Waals surface area contributed by atoms with Crippen LogP contribution in [0.15, 0.2) is 48.5 Å². The fraction of sp³-hybridized carbons (Fsp3) is 0.227.